The largest absolute Gasteiger partial charge is 0.373 e. The van der Waals surface area contributed by atoms with E-state index in [0.29, 0.717) is 0 Å². The maximum Gasteiger partial charge on any atom is 0.162 e. The molecule has 0 spiro atoms. The molecule has 0 aliphatic heterocycles. The summed E-state index contributed by atoms with van der Waals surface area (Å²) in [6.07, 6.45) is 1.93. The first-order valence-corrected chi connectivity index (χ1v) is 6.84. The van der Waals surface area contributed by atoms with Gasteiger partial charge in [0.05, 0.1) is 0 Å². The van der Waals surface area contributed by atoms with Gasteiger partial charge in [0, 0.05) is 23.9 Å². The molecule has 3 nitrogen and oxygen atoms in total. The second-order valence-corrected chi connectivity index (χ2v) is 4.57. The van der Waals surface area contributed by atoms with E-state index in [2.05, 4.69) is 54.3 Å². The highest BCUT2D eigenvalue weighted by Crippen LogP contribution is 2.25. The molecule has 0 fully saturated rings. The Kier molecular flexibility index (Phi) is 4.15. The molecular weight excluding hydrogens is 234 g/mol. The standard InChI is InChI=1S/C16H21N3/c1-5-12-9-7-8-10-14(12)16-18-11(3)13(6-2)15(17-4)19-16/h7-10H,5-6H2,1-4H3,(H,17,18,19). The molecular formula is C16H21N3. The normalized spacial score (nSPS) is 10.5. The first kappa shape index (κ1) is 13.5. The predicted octanol–water partition coefficient (Wildman–Crippen LogP) is 3.62. The van der Waals surface area contributed by atoms with Gasteiger partial charge in [-0.25, -0.2) is 9.97 Å². The number of benzene rings is 1. The van der Waals surface area contributed by atoms with Crippen molar-refractivity contribution in [2.24, 2.45) is 0 Å². The lowest BCUT2D eigenvalue weighted by Crippen LogP contribution is -2.05. The van der Waals surface area contributed by atoms with Crippen LogP contribution in [-0.4, -0.2) is 17.0 Å². The number of rotatable bonds is 4. The van der Waals surface area contributed by atoms with Gasteiger partial charge >= 0.3 is 0 Å². The molecule has 1 N–H and O–H groups in total. The number of hydrogen-bond acceptors (Lipinski definition) is 3. The van der Waals surface area contributed by atoms with Gasteiger partial charge in [-0.15, -0.1) is 0 Å². The van der Waals surface area contributed by atoms with Crippen molar-refractivity contribution in [1.29, 1.82) is 0 Å². The molecule has 1 heterocycles. The Hall–Kier alpha value is -1.90. The molecule has 2 rings (SSSR count). The molecule has 0 unspecified atom stereocenters. The van der Waals surface area contributed by atoms with Crippen LogP contribution in [0.2, 0.25) is 0 Å². The van der Waals surface area contributed by atoms with E-state index in [1.54, 1.807) is 0 Å². The van der Waals surface area contributed by atoms with E-state index >= 15 is 0 Å². The van der Waals surface area contributed by atoms with Crippen LogP contribution in [0.3, 0.4) is 0 Å². The third kappa shape index (κ3) is 2.60. The molecule has 19 heavy (non-hydrogen) atoms. The fourth-order valence-corrected chi connectivity index (χ4v) is 2.39. The van der Waals surface area contributed by atoms with Crippen LogP contribution < -0.4 is 5.32 Å². The van der Waals surface area contributed by atoms with Gasteiger partial charge in [0.2, 0.25) is 0 Å². The monoisotopic (exact) mass is 255 g/mol. The van der Waals surface area contributed by atoms with Gasteiger partial charge in [0.15, 0.2) is 5.82 Å². The quantitative estimate of drug-likeness (QED) is 0.906. The van der Waals surface area contributed by atoms with Crippen LogP contribution in [0.5, 0.6) is 0 Å². The van der Waals surface area contributed by atoms with E-state index in [1.165, 1.54) is 11.1 Å². The summed E-state index contributed by atoms with van der Waals surface area (Å²) in [5.41, 5.74) is 4.67. The molecule has 0 atom stereocenters. The summed E-state index contributed by atoms with van der Waals surface area (Å²) in [7, 11) is 1.91. The van der Waals surface area contributed by atoms with Crippen molar-refractivity contribution in [2.45, 2.75) is 33.6 Å². The highest BCUT2D eigenvalue weighted by atomic mass is 15.0. The fraction of sp³-hybridized carbons (Fsp3) is 0.375. The number of aromatic nitrogens is 2. The molecule has 0 aliphatic carbocycles. The lowest BCUT2D eigenvalue weighted by atomic mass is 10.0. The highest BCUT2D eigenvalue weighted by molar-refractivity contribution is 5.63. The van der Waals surface area contributed by atoms with E-state index < -0.39 is 0 Å². The summed E-state index contributed by atoms with van der Waals surface area (Å²) in [5, 5.41) is 3.18. The van der Waals surface area contributed by atoms with E-state index in [-0.39, 0.29) is 0 Å². The zero-order valence-corrected chi connectivity index (χ0v) is 12.1. The van der Waals surface area contributed by atoms with Crippen molar-refractivity contribution in [3.8, 4) is 11.4 Å². The summed E-state index contributed by atoms with van der Waals surface area (Å²) in [6, 6.07) is 8.34. The molecule has 3 heteroatoms. The lowest BCUT2D eigenvalue weighted by Gasteiger charge is -2.13. The van der Waals surface area contributed by atoms with Gasteiger partial charge in [-0.2, -0.15) is 0 Å². The summed E-state index contributed by atoms with van der Waals surface area (Å²) < 4.78 is 0. The minimum Gasteiger partial charge on any atom is -0.373 e. The lowest BCUT2D eigenvalue weighted by molar-refractivity contribution is 0.997. The summed E-state index contributed by atoms with van der Waals surface area (Å²) in [6.45, 7) is 6.34. The van der Waals surface area contributed by atoms with E-state index in [9.17, 15) is 0 Å². The number of hydrogen-bond donors (Lipinski definition) is 1. The van der Waals surface area contributed by atoms with Crippen molar-refractivity contribution in [3.05, 3.63) is 41.1 Å². The second-order valence-electron chi connectivity index (χ2n) is 4.57. The van der Waals surface area contributed by atoms with E-state index in [1.807, 2.05) is 13.1 Å². The van der Waals surface area contributed by atoms with Gasteiger partial charge < -0.3 is 5.32 Å². The Bertz CT molecular complexity index is 576. The van der Waals surface area contributed by atoms with Crippen LogP contribution in [0.15, 0.2) is 24.3 Å². The highest BCUT2D eigenvalue weighted by Gasteiger charge is 2.12. The summed E-state index contributed by atoms with van der Waals surface area (Å²) >= 11 is 0. The maximum absolute atomic E-state index is 4.68. The molecule has 0 saturated heterocycles. The Labute approximate surface area is 115 Å². The molecule has 2 aromatic rings. The third-order valence-electron chi connectivity index (χ3n) is 3.44. The first-order chi connectivity index (χ1) is 9.21. The van der Waals surface area contributed by atoms with Crippen molar-refractivity contribution < 1.29 is 0 Å². The summed E-state index contributed by atoms with van der Waals surface area (Å²) in [4.78, 5) is 9.36. The zero-order chi connectivity index (χ0) is 13.8. The predicted molar refractivity (Wildman–Crippen MR) is 80.5 cm³/mol. The molecule has 0 radical (unpaired) electrons. The Morgan fingerprint density at radius 2 is 1.79 bits per heavy atom. The molecule has 0 amide bonds. The SMILES string of the molecule is CCc1ccccc1-c1nc(C)c(CC)c(NC)n1. The van der Waals surface area contributed by atoms with Crippen molar-refractivity contribution in [1.82, 2.24) is 9.97 Å². The van der Waals surface area contributed by atoms with Gasteiger partial charge in [-0.1, -0.05) is 38.1 Å². The zero-order valence-electron chi connectivity index (χ0n) is 12.1. The second kappa shape index (κ2) is 5.83. The molecule has 0 aliphatic rings. The minimum atomic E-state index is 0.816. The van der Waals surface area contributed by atoms with E-state index in [0.717, 1.165) is 35.7 Å². The van der Waals surface area contributed by atoms with Gasteiger partial charge in [0.1, 0.15) is 5.82 Å². The topological polar surface area (TPSA) is 37.8 Å². The Balaban J connectivity index is 2.60. The van der Waals surface area contributed by atoms with Crippen LogP contribution in [0.1, 0.15) is 30.7 Å². The number of nitrogens with one attached hydrogen (secondary N) is 1. The van der Waals surface area contributed by atoms with Crippen LogP contribution in [0.25, 0.3) is 11.4 Å². The van der Waals surface area contributed by atoms with Gasteiger partial charge in [0.25, 0.3) is 0 Å². The molecule has 1 aromatic heterocycles. The third-order valence-corrected chi connectivity index (χ3v) is 3.44. The van der Waals surface area contributed by atoms with Crippen LogP contribution in [-0.2, 0) is 12.8 Å². The van der Waals surface area contributed by atoms with E-state index in [4.69, 9.17) is 0 Å². The number of anilines is 1. The minimum absolute atomic E-state index is 0.816. The molecule has 0 bridgehead atoms. The number of aryl methyl sites for hydroxylation is 2. The fourth-order valence-electron chi connectivity index (χ4n) is 2.39. The molecule has 1 aromatic carbocycles. The van der Waals surface area contributed by atoms with Crippen molar-refractivity contribution in [2.75, 3.05) is 12.4 Å². The van der Waals surface area contributed by atoms with Crippen molar-refractivity contribution >= 4 is 5.82 Å². The van der Waals surface area contributed by atoms with Crippen LogP contribution >= 0.6 is 0 Å². The van der Waals surface area contributed by atoms with Gasteiger partial charge in [-0.3, -0.25) is 0 Å². The molecule has 0 saturated carbocycles. The maximum atomic E-state index is 4.68. The summed E-state index contributed by atoms with van der Waals surface area (Å²) in [5.74, 6) is 1.76. The average Bonchev–Trinajstić information content (AvgIpc) is 2.46. The van der Waals surface area contributed by atoms with Crippen LogP contribution in [0.4, 0.5) is 5.82 Å². The first-order valence-electron chi connectivity index (χ1n) is 6.84. The molecule has 100 valence electrons. The van der Waals surface area contributed by atoms with Crippen LogP contribution in [0, 0.1) is 6.92 Å². The van der Waals surface area contributed by atoms with Crippen molar-refractivity contribution in [3.63, 3.8) is 0 Å². The smallest absolute Gasteiger partial charge is 0.162 e. The van der Waals surface area contributed by atoms with Gasteiger partial charge in [-0.05, 0) is 25.3 Å². The Morgan fingerprint density at radius 1 is 1.05 bits per heavy atom. The Morgan fingerprint density at radius 3 is 2.42 bits per heavy atom. The average molecular weight is 255 g/mol. The number of nitrogens with zero attached hydrogens (tertiary/aromatic N) is 2.